The maximum absolute atomic E-state index is 10.6. The first kappa shape index (κ1) is 10.5. The van der Waals surface area contributed by atoms with E-state index in [1.807, 2.05) is 30.7 Å². The van der Waals surface area contributed by atoms with Crippen molar-refractivity contribution in [2.45, 2.75) is 20.4 Å². The lowest BCUT2D eigenvalue weighted by molar-refractivity contribution is -0.747. The summed E-state index contributed by atoms with van der Waals surface area (Å²) >= 11 is 0. The number of aromatic amines is 1. The highest BCUT2D eigenvalue weighted by Gasteiger charge is 2.19. The fourth-order valence-corrected chi connectivity index (χ4v) is 1.71. The Labute approximate surface area is 93.1 Å². The highest BCUT2D eigenvalue weighted by Crippen LogP contribution is 2.18. The molecule has 16 heavy (non-hydrogen) atoms. The van der Waals surface area contributed by atoms with Crippen molar-refractivity contribution in [1.29, 1.82) is 0 Å². The summed E-state index contributed by atoms with van der Waals surface area (Å²) in [7, 11) is 0. The van der Waals surface area contributed by atoms with Crippen LogP contribution < -0.4 is 4.68 Å². The van der Waals surface area contributed by atoms with E-state index in [1.54, 1.807) is 12.4 Å². The van der Waals surface area contributed by atoms with Crippen LogP contribution in [0.5, 0.6) is 0 Å². The molecule has 0 atom stereocenters. The van der Waals surface area contributed by atoms with Crippen molar-refractivity contribution < 1.29 is 4.68 Å². The molecule has 82 valence electrons. The summed E-state index contributed by atoms with van der Waals surface area (Å²) in [5.41, 5.74) is 3.20. The number of pyridine rings is 1. The van der Waals surface area contributed by atoms with Gasteiger partial charge < -0.3 is 0 Å². The van der Waals surface area contributed by atoms with Gasteiger partial charge in [-0.1, -0.05) is 0 Å². The van der Waals surface area contributed by atoms with Crippen molar-refractivity contribution in [3.05, 3.63) is 46.4 Å². The van der Waals surface area contributed by atoms with Gasteiger partial charge in [0.1, 0.15) is 5.69 Å². The quantitative estimate of drug-likeness (QED) is 0.629. The minimum absolute atomic E-state index is 0.490. The van der Waals surface area contributed by atoms with Crippen LogP contribution in [0.15, 0.2) is 29.7 Å². The molecular weight excluding hydrogens is 204 g/mol. The molecule has 0 fully saturated rings. The Morgan fingerprint density at radius 1 is 1.50 bits per heavy atom. The fraction of sp³-hybridized carbons (Fsp3) is 0.273. The number of hydrogen-bond donors (Lipinski definition) is 1. The van der Waals surface area contributed by atoms with E-state index in [0.29, 0.717) is 12.2 Å². The van der Waals surface area contributed by atoms with Crippen molar-refractivity contribution in [3.8, 4) is 0 Å². The van der Waals surface area contributed by atoms with Crippen LogP contribution >= 0.6 is 0 Å². The molecule has 0 radical (unpaired) electrons. The monoisotopic (exact) mass is 217 g/mol. The van der Waals surface area contributed by atoms with Crippen molar-refractivity contribution in [3.63, 3.8) is 0 Å². The standard InChI is InChI=1S/C11H12N4O/c1-8-11(14-16)9(2)15(13-8)7-10-4-3-5-12-6-10/h3-6H,7H2,1-2H3/p+1. The van der Waals surface area contributed by atoms with Gasteiger partial charge in [0, 0.05) is 24.9 Å². The van der Waals surface area contributed by atoms with Gasteiger partial charge in [0.05, 0.1) is 0 Å². The van der Waals surface area contributed by atoms with Gasteiger partial charge >= 0.3 is 0 Å². The Hall–Kier alpha value is -2.04. The zero-order valence-corrected chi connectivity index (χ0v) is 9.27. The second kappa shape index (κ2) is 4.22. The number of aryl methyl sites for hydroxylation is 1. The van der Waals surface area contributed by atoms with E-state index in [-0.39, 0.29) is 0 Å². The van der Waals surface area contributed by atoms with Crippen LogP contribution in [0.25, 0.3) is 0 Å². The first-order valence-corrected chi connectivity index (χ1v) is 5.03. The number of nitrogens with zero attached hydrogens (tertiary/aromatic N) is 3. The number of aromatic nitrogens is 3. The summed E-state index contributed by atoms with van der Waals surface area (Å²) in [6.45, 7) is 4.37. The molecule has 0 aliphatic carbocycles. The largest absolute Gasteiger partial charge is 0.264 e. The first-order valence-electron chi connectivity index (χ1n) is 5.03. The molecule has 5 heteroatoms. The van der Waals surface area contributed by atoms with Gasteiger partial charge in [0.15, 0.2) is 6.54 Å². The van der Waals surface area contributed by atoms with Crippen LogP contribution in [0.1, 0.15) is 17.0 Å². The summed E-state index contributed by atoms with van der Waals surface area (Å²) in [4.78, 5) is 14.7. The molecule has 0 aromatic carbocycles. The number of rotatable bonds is 3. The predicted octanol–water partition coefficient (Wildman–Crippen LogP) is 1.76. The molecule has 0 amide bonds. The minimum Gasteiger partial charge on any atom is -0.264 e. The smallest absolute Gasteiger partial charge is 0.234 e. The first-order chi connectivity index (χ1) is 7.72. The Bertz CT molecular complexity index is 504. The molecule has 0 saturated carbocycles. The number of nitroso groups, excluding NO2 is 1. The third kappa shape index (κ3) is 1.84. The van der Waals surface area contributed by atoms with Crippen molar-refractivity contribution >= 4 is 5.69 Å². The molecule has 1 N–H and O–H groups in total. The number of H-pyrrole nitrogens is 1. The van der Waals surface area contributed by atoms with E-state index < -0.39 is 0 Å². The van der Waals surface area contributed by atoms with E-state index in [0.717, 1.165) is 17.0 Å². The van der Waals surface area contributed by atoms with Crippen LogP contribution in [-0.4, -0.2) is 10.1 Å². The van der Waals surface area contributed by atoms with Gasteiger partial charge in [-0.3, -0.25) is 4.98 Å². The molecule has 5 nitrogen and oxygen atoms in total. The van der Waals surface area contributed by atoms with Crippen molar-refractivity contribution in [2.75, 3.05) is 0 Å². The Morgan fingerprint density at radius 3 is 2.88 bits per heavy atom. The summed E-state index contributed by atoms with van der Waals surface area (Å²) in [5, 5.41) is 6.12. The molecule has 2 aromatic rings. The van der Waals surface area contributed by atoms with E-state index in [4.69, 9.17) is 0 Å². The lowest BCUT2D eigenvalue weighted by Crippen LogP contribution is -2.38. The Balaban J connectivity index is 2.32. The minimum atomic E-state index is 0.490. The second-order valence-electron chi connectivity index (χ2n) is 3.71. The van der Waals surface area contributed by atoms with Crippen LogP contribution in [0.2, 0.25) is 0 Å². The van der Waals surface area contributed by atoms with E-state index >= 15 is 0 Å². The van der Waals surface area contributed by atoms with Gasteiger partial charge in [-0.05, 0) is 24.2 Å². The number of hydrogen-bond acceptors (Lipinski definition) is 3. The predicted molar refractivity (Wildman–Crippen MR) is 59.3 cm³/mol. The zero-order valence-electron chi connectivity index (χ0n) is 9.27. The van der Waals surface area contributed by atoms with E-state index in [1.165, 1.54) is 0 Å². The van der Waals surface area contributed by atoms with Crippen LogP contribution in [0.3, 0.4) is 0 Å². The summed E-state index contributed by atoms with van der Waals surface area (Å²) in [5.74, 6) is 0. The lowest BCUT2D eigenvalue weighted by atomic mass is 10.3. The summed E-state index contributed by atoms with van der Waals surface area (Å²) in [6, 6.07) is 3.88. The average Bonchev–Trinajstić information content (AvgIpc) is 2.55. The van der Waals surface area contributed by atoms with Gasteiger partial charge in [0.2, 0.25) is 11.4 Å². The molecule has 2 rings (SSSR count). The molecule has 0 spiro atoms. The molecule has 2 aromatic heterocycles. The maximum atomic E-state index is 10.6. The Morgan fingerprint density at radius 2 is 2.31 bits per heavy atom. The lowest BCUT2D eigenvalue weighted by Gasteiger charge is -1.94. The highest BCUT2D eigenvalue weighted by atomic mass is 16.3. The molecular formula is C11H13N4O+. The fourth-order valence-electron chi connectivity index (χ4n) is 1.71. The highest BCUT2D eigenvalue weighted by molar-refractivity contribution is 5.42. The van der Waals surface area contributed by atoms with E-state index in [9.17, 15) is 4.91 Å². The van der Waals surface area contributed by atoms with Crippen molar-refractivity contribution in [1.82, 2.24) is 10.1 Å². The Kier molecular flexibility index (Phi) is 2.76. The van der Waals surface area contributed by atoms with Crippen LogP contribution in [0.4, 0.5) is 5.69 Å². The number of nitrogens with one attached hydrogen (secondary N) is 1. The summed E-state index contributed by atoms with van der Waals surface area (Å²) in [6.07, 6.45) is 3.54. The van der Waals surface area contributed by atoms with Crippen LogP contribution in [-0.2, 0) is 6.54 Å². The summed E-state index contributed by atoms with van der Waals surface area (Å²) < 4.78 is 1.89. The third-order valence-corrected chi connectivity index (χ3v) is 2.56. The molecule has 2 heterocycles. The zero-order chi connectivity index (χ0) is 11.5. The maximum Gasteiger partial charge on any atom is 0.234 e. The SMILES string of the molecule is Cc1[nH][n+](Cc2cccnc2)c(C)c1N=O. The topological polar surface area (TPSA) is 62.0 Å². The molecule has 0 aliphatic rings. The van der Waals surface area contributed by atoms with Gasteiger partial charge in [-0.15, -0.1) is 9.59 Å². The molecule has 0 aliphatic heterocycles. The van der Waals surface area contributed by atoms with Crippen molar-refractivity contribution in [2.24, 2.45) is 5.18 Å². The normalized spacial score (nSPS) is 10.4. The van der Waals surface area contributed by atoms with Crippen LogP contribution in [0, 0.1) is 18.8 Å². The molecule has 0 bridgehead atoms. The van der Waals surface area contributed by atoms with Gasteiger partial charge in [0.25, 0.3) is 0 Å². The van der Waals surface area contributed by atoms with Gasteiger partial charge in [-0.25, -0.2) is 0 Å². The second-order valence-corrected chi connectivity index (χ2v) is 3.71. The molecule has 0 saturated heterocycles. The molecule has 0 unspecified atom stereocenters. The third-order valence-electron chi connectivity index (χ3n) is 2.56. The van der Waals surface area contributed by atoms with Gasteiger partial charge in [-0.2, -0.15) is 5.10 Å². The van der Waals surface area contributed by atoms with E-state index in [2.05, 4.69) is 15.3 Å². The average molecular weight is 217 g/mol.